The second-order valence-electron chi connectivity index (χ2n) is 9.46. The monoisotopic (exact) mass is 489 g/mol. The van der Waals surface area contributed by atoms with E-state index in [2.05, 4.69) is 41.5 Å². The quantitative estimate of drug-likeness (QED) is 0.275. The van der Waals surface area contributed by atoms with Crippen LogP contribution in [0.25, 0.3) is 55.6 Å². The fourth-order valence-electron chi connectivity index (χ4n) is 5.19. The van der Waals surface area contributed by atoms with E-state index in [1.54, 1.807) is 37.3 Å². The number of hydrogen-bond acceptors (Lipinski definition) is 6. The molecule has 3 N–H and O–H groups in total. The lowest BCUT2D eigenvalue weighted by molar-refractivity contribution is -0.119. The molecule has 7 rings (SSSR count). The van der Waals surface area contributed by atoms with Crippen LogP contribution in [0.15, 0.2) is 72.2 Å². The van der Waals surface area contributed by atoms with E-state index in [1.807, 2.05) is 24.4 Å². The molecule has 1 aliphatic carbocycles. The number of nitrogens with zero attached hydrogens (tertiary/aromatic N) is 4. The van der Waals surface area contributed by atoms with Gasteiger partial charge in [0.25, 0.3) is 0 Å². The topological polar surface area (TPSA) is 125 Å². The highest BCUT2D eigenvalue weighted by atomic mass is 16.3. The molecule has 6 aromatic rings. The van der Waals surface area contributed by atoms with Crippen molar-refractivity contribution in [2.75, 3.05) is 5.32 Å². The molecule has 0 unspecified atom stereocenters. The van der Waals surface area contributed by atoms with Crippen molar-refractivity contribution in [1.82, 2.24) is 30.1 Å². The second-order valence-corrected chi connectivity index (χ2v) is 9.46. The molecule has 9 heteroatoms. The number of aromatic amines is 2. The lowest BCUT2D eigenvalue weighted by Crippen LogP contribution is -2.20. The molecule has 0 bridgehead atoms. The molecule has 1 amide bonds. The third-order valence-corrected chi connectivity index (χ3v) is 7.11. The lowest BCUT2D eigenvalue weighted by Gasteiger charge is -2.11. The van der Waals surface area contributed by atoms with E-state index in [1.165, 1.54) is 0 Å². The number of anilines is 1. The normalized spacial score (nSPS) is 14.1. The Bertz CT molecular complexity index is 1740. The lowest BCUT2D eigenvalue weighted by atomic mass is 10.1. The zero-order valence-electron chi connectivity index (χ0n) is 19.9. The van der Waals surface area contributed by atoms with E-state index in [0.29, 0.717) is 5.69 Å². The van der Waals surface area contributed by atoms with Crippen molar-refractivity contribution < 1.29 is 9.21 Å². The summed E-state index contributed by atoms with van der Waals surface area (Å²) >= 11 is 0. The van der Waals surface area contributed by atoms with Crippen LogP contribution in [0, 0.1) is 5.92 Å². The highest BCUT2D eigenvalue weighted by Gasteiger charge is 2.23. The number of furan rings is 1. The first kappa shape index (κ1) is 21.5. The number of amides is 1. The van der Waals surface area contributed by atoms with Gasteiger partial charge in [0.1, 0.15) is 5.69 Å². The van der Waals surface area contributed by atoms with Gasteiger partial charge in [-0.1, -0.05) is 12.8 Å². The van der Waals surface area contributed by atoms with Gasteiger partial charge in [0.05, 0.1) is 59.2 Å². The van der Waals surface area contributed by atoms with Crippen LogP contribution in [0.5, 0.6) is 0 Å². The van der Waals surface area contributed by atoms with E-state index in [4.69, 9.17) is 4.42 Å². The van der Waals surface area contributed by atoms with Crippen LogP contribution in [-0.2, 0) is 4.79 Å². The molecule has 0 spiro atoms. The molecule has 37 heavy (non-hydrogen) atoms. The largest absolute Gasteiger partial charge is 0.472 e. The second kappa shape index (κ2) is 8.70. The summed E-state index contributed by atoms with van der Waals surface area (Å²) in [6.45, 7) is 0. The number of hydrogen-bond donors (Lipinski definition) is 3. The number of carbonyl (C=O) groups is 1. The number of carbonyl (C=O) groups excluding carboxylic acids is 1. The molecule has 182 valence electrons. The highest BCUT2D eigenvalue weighted by molar-refractivity contribution is 6.01. The number of nitrogens with one attached hydrogen (secondary N) is 3. The Hall–Kier alpha value is -4.79. The Morgan fingerprint density at radius 1 is 0.946 bits per heavy atom. The molecule has 0 aliphatic heterocycles. The number of rotatable bonds is 5. The molecular formula is C28H23N7O2. The minimum absolute atomic E-state index is 0.0695. The number of aromatic nitrogens is 6. The van der Waals surface area contributed by atoms with Gasteiger partial charge in [0.2, 0.25) is 5.91 Å². The molecule has 1 aliphatic rings. The van der Waals surface area contributed by atoms with Gasteiger partial charge in [-0.25, -0.2) is 0 Å². The molecule has 6 aromatic heterocycles. The summed E-state index contributed by atoms with van der Waals surface area (Å²) < 4.78 is 5.27. The van der Waals surface area contributed by atoms with Crippen LogP contribution in [0.1, 0.15) is 25.7 Å². The maximum absolute atomic E-state index is 12.6. The minimum Gasteiger partial charge on any atom is -0.472 e. The average molecular weight is 490 g/mol. The molecule has 0 saturated heterocycles. The van der Waals surface area contributed by atoms with Gasteiger partial charge >= 0.3 is 0 Å². The first-order valence-electron chi connectivity index (χ1n) is 12.3. The van der Waals surface area contributed by atoms with Crippen molar-refractivity contribution in [3.8, 4) is 33.8 Å². The zero-order valence-corrected chi connectivity index (χ0v) is 19.9. The van der Waals surface area contributed by atoms with Crippen molar-refractivity contribution >= 4 is 33.4 Å². The van der Waals surface area contributed by atoms with E-state index < -0.39 is 0 Å². The third-order valence-electron chi connectivity index (χ3n) is 7.11. The van der Waals surface area contributed by atoms with Crippen LogP contribution >= 0.6 is 0 Å². The molecule has 0 aromatic carbocycles. The SMILES string of the molecule is O=C(Nc1cncc(-c2cc3c(-c4cc5c(-c6ccoc6)cncc5[nH]4)n[nH]c3cn2)c1)C1CCCC1. The van der Waals surface area contributed by atoms with E-state index >= 15 is 0 Å². The summed E-state index contributed by atoms with van der Waals surface area (Å²) in [6.07, 6.45) is 16.3. The van der Waals surface area contributed by atoms with Gasteiger partial charge in [-0.2, -0.15) is 5.10 Å². The van der Waals surface area contributed by atoms with Crippen molar-refractivity contribution in [1.29, 1.82) is 0 Å². The number of H-pyrrole nitrogens is 2. The third kappa shape index (κ3) is 3.85. The molecule has 1 fully saturated rings. The summed E-state index contributed by atoms with van der Waals surface area (Å²) in [5.74, 6) is 0.159. The van der Waals surface area contributed by atoms with Crippen molar-refractivity contribution in [2.24, 2.45) is 5.92 Å². The van der Waals surface area contributed by atoms with E-state index in [0.717, 1.165) is 81.3 Å². The summed E-state index contributed by atoms with van der Waals surface area (Å²) in [4.78, 5) is 29.4. The van der Waals surface area contributed by atoms with Crippen LogP contribution in [0.3, 0.4) is 0 Å². The number of fused-ring (bicyclic) bond motifs is 2. The Morgan fingerprint density at radius 2 is 1.84 bits per heavy atom. The van der Waals surface area contributed by atoms with Gasteiger partial charge in [-0.3, -0.25) is 24.8 Å². The molecule has 9 nitrogen and oxygen atoms in total. The Kier molecular flexibility index (Phi) is 5.05. The summed E-state index contributed by atoms with van der Waals surface area (Å²) in [5.41, 5.74) is 7.58. The molecule has 6 heterocycles. The fourth-order valence-corrected chi connectivity index (χ4v) is 5.19. The Morgan fingerprint density at radius 3 is 2.70 bits per heavy atom. The van der Waals surface area contributed by atoms with Crippen LogP contribution < -0.4 is 5.32 Å². The zero-order chi connectivity index (χ0) is 24.8. The predicted molar refractivity (Wildman–Crippen MR) is 140 cm³/mol. The smallest absolute Gasteiger partial charge is 0.227 e. The molecular weight excluding hydrogens is 466 g/mol. The summed E-state index contributed by atoms with van der Waals surface area (Å²) in [6, 6.07) is 7.91. The maximum Gasteiger partial charge on any atom is 0.227 e. The van der Waals surface area contributed by atoms with E-state index in [9.17, 15) is 4.79 Å². The number of pyridine rings is 3. The summed E-state index contributed by atoms with van der Waals surface area (Å²) in [7, 11) is 0. The maximum atomic E-state index is 12.6. The Balaban J connectivity index is 1.25. The van der Waals surface area contributed by atoms with Crippen LogP contribution in [0.4, 0.5) is 5.69 Å². The predicted octanol–water partition coefficient (Wildman–Crippen LogP) is 5.95. The van der Waals surface area contributed by atoms with Gasteiger partial charge < -0.3 is 14.7 Å². The standard InChI is InChI=1S/C28H23N7O2/c36-28(16-3-1-2-4-16)32-19-7-18(10-29-11-19)23-9-21-26(14-31-23)34-35-27(21)24-8-20-22(17-5-6-37-15-17)12-30-13-25(20)33-24/h5-16,33H,1-4H2,(H,32,36)(H,34,35). The molecule has 1 saturated carbocycles. The average Bonchev–Trinajstić information content (AvgIpc) is 3.74. The van der Waals surface area contributed by atoms with Crippen molar-refractivity contribution in [3.63, 3.8) is 0 Å². The van der Waals surface area contributed by atoms with Crippen molar-refractivity contribution in [2.45, 2.75) is 25.7 Å². The first-order chi connectivity index (χ1) is 18.2. The highest BCUT2D eigenvalue weighted by Crippen LogP contribution is 2.34. The van der Waals surface area contributed by atoms with Gasteiger partial charge in [-0.05, 0) is 37.1 Å². The van der Waals surface area contributed by atoms with Crippen LogP contribution in [0.2, 0.25) is 0 Å². The Labute approximate surface area is 211 Å². The van der Waals surface area contributed by atoms with Crippen molar-refractivity contribution in [3.05, 3.63) is 67.8 Å². The van der Waals surface area contributed by atoms with Gasteiger partial charge in [0, 0.05) is 45.8 Å². The van der Waals surface area contributed by atoms with Gasteiger partial charge in [0.15, 0.2) is 0 Å². The molecule has 0 atom stereocenters. The minimum atomic E-state index is 0.0695. The molecule has 0 radical (unpaired) electrons. The van der Waals surface area contributed by atoms with E-state index in [-0.39, 0.29) is 11.8 Å². The fraction of sp³-hybridized carbons (Fsp3) is 0.179. The summed E-state index contributed by atoms with van der Waals surface area (Å²) in [5, 5.41) is 12.7. The van der Waals surface area contributed by atoms with Crippen LogP contribution in [-0.4, -0.2) is 36.0 Å². The first-order valence-corrected chi connectivity index (χ1v) is 12.3. The van der Waals surface area contributed by atoms with Gasteiger partial charge in [-0.15, -0.1) is 0 Å².